The van der Waals surface area contributed by atoms with E-state index in [2.05, 4.69) is 5.32 Å². The molecule has 0 aliphatic heterocycles. The molecule has 2 saturated carbocycles. The summed E-state index contributed by atoms with van der Waals surface area (Å²) in [6.45, 7) is 0.743. The van der Waals surface area contributed by atoms with Gasteiger partial charge in [0.2, 0.25) is 0 Å². The van der Waals surface area contributed by atoms with Gasteiger partial charge in [-0.25, -0.2) is 9.18 Å². The predicted octanol–water partition coefficient (Wildman–Crippen LogP) is 2.95. The van der Waals surface area contributed by atoms with Gasteiger partial charge in [-0.3, -0.25) is 0 Å². The number of carboxylic acids is 1. The van der Waals surface area contributed by atoms with Crippen molar-refractivity contribution in [2.75, 3.05) is 17.6 Å². The van der Waals surface area contributed by atoms with E-state index in [1.54, 1.807) is 0 Å². The average Bonchev–Trinajstić information content (AvgIpc) is 3.01. The number of nitrogens with one attached hydrogen (secondary N) is 1. The number of nitrogens with two attached hydrogens (primary N) is 1. The van der Waals surface area contributed by atoms with Gasteiger partial charge < -0.3 is 16.2 Å². The molecule has 0 heterocycles. The predicted molar refractivity (Wildman–Crippen MR) is 75.2 cm³/mol. The lowest BCUT2D eigenvalue weighted by Crippen LogP contribution is -2.21. The number of carboxylic acid groups (broad SMARTS) is 1. The highest BCUT2D eigenvalue weighted by Gasteiger charge is 2.39. The van der Waals surface area contributed by atoms with Gasteiger partial charge in [-0.15, -0.1) is 0 Å². The molecule has 20 heavy (non-hydrogen) atoms. The minimum Gasteiger partial charge on any atom is -0.478 e. The summed E-state index contributed by atoms with van der Waals surface area (Å²) in [5, 5.41) is 12.3. The fourth-order valence-corrected chi connectivity index (χ4v) is 3.84. The molecular formula is C15H19FN2O2. The second-order valence-electron chi connectivity index (χ2n) is 6.00. The lowest BCUT2D eigenvalue weighted by Gasteiger charge is -2.23. The minimum absolute atomic E-state index is 0.159. The van der Waals surface area contributed by atoms with Crippen molar-refractivity contribution in [1.82, 2.24) is 0 Å². The SMILES string of the molecule is Nc1c(F)ccc(NCC2CC3CCC2C3)c1C(=O)O. The molecule has 1 aromatic rings. The highest BCUT2D eigenvalue weighted by molar-refractivity contribution is 6.00. The van der Waals surface area contributed by atoms with Gasteiger partial charge in [-0.1, -0.05) is 6.42 Å². The van der Waals surface area contributed by atoms with Crippen LogP contribution >= 0.6 is 0 Å². The summed E-state index contributed by atoms with van der Waals surface area (Å²) in [6, 6.07) is 2.67. The molecule has 2 aliphatic carbocycles. The number of anilines is 2. The van der Waals surface area contributed by atoms with E-state index in [-0.39, 0.29) is 11.3 Å². The number of nitrogen functional groups attached to an aromatic ring is 1. The minimum atomic E-state index is -1.20. The highest BCUT2D eigenvalue weighted by Crippen LogP contribution is 2.48. The summed E-state index contributed by atoms with van der Waals surface area (Å²) in [6.07, 6.45) is 5.15. The van der Waals surface area contributed by atoms with Crippen LogP contribution in [0.15, 0.2) is 12.1 Å². The smallest absolute Gasteiger partial charge is 0.340 e. The van der Waals surface area contributed by atoms with Crippen LogP contribution in [-0.2, 0) is 0 Å². The second kappa shape index (κ2) is 4.96. The third-order valence-electron chi connectivity index (χ3n) is 4.85. The first kappa shape index (κ1) is 13.2. The van der Waals surface area contributed by atoms with Crippen molar-refractivity contribution in [3.05, 3.63) is 23.5 Å². The molecule has 5 heteroatoms. The number of hydrogen-bond donors (Lipinski definition) is 3. The Hall–Kier alpha value is -1.78. The number of hydrogen-bond acceptors (Lipinski definition) is 3. The van der Waals surface area contributed by atoms with Gasteiger partial charge in [-0.2, -0.15) is 0 Å². The molecule has 1 aromatic carbocycles. The Bertz CT molecular complexity index is 547. The molecule has 0 saturated heterocycles. The molecule has 4 nitrogen and oxygen atoms in total. The van der Waals surface area contributed by atoms with Gasteiger partial charge >= 0.3 is 5.97 Å². The first-order chi connectivity index (χ1) is 9.56. The van der Waals surface area contributed by atoms with Crippen LogP contribution in [0.3, 0.4) is 0 Å². The van der Waals surface area contributed by atoms with Crippen molar-refractivity contribution >= 4 is 17.3 Å². The molecule has 0 spiro atoms. The molecule has 4 N–H and O–H groups in total. The molecule has 3 unspecified atom stereocenters. The molecule has 3 rings (SSSR count). The van der Waals surface area contributed by atoms with Crippen LogP contribution in [0.25, 0.3) is 0 Å². The van der Waals surface area contributed by atoms with Gasteiger partial charge in [0.05, 0.1) is 11.4 Å². The zero-order chi connectivity index (χ0) is 14.3. The topological polar surface area (TPSA) is 75.3 Å². The average molecular weight is 278 g/mol. The first-order valence-corrected chi connectivity index (χ1v) is 7.11. The zero-order valence-electron chi connectivity index (χ0n) is 11.2. The van der Waals surface area contributed by atoms with Crippen molar-refractivity contribution in [2.24, 2.45) is 17.8 Å². The van der Waals surface area contributed by atoms with E-state index in [1.165, 1.54) is 37.8 Å². The van der Waals surface area contributed by atoms with Gasteiger partial charge in [0.1, 0.15) is 11.4 Å². The molecule has 0 aromatic heterocycles. The van der Waals surface area contributed by atoms with Crippen LogP contribution in [0.2, 0.25) is 0 Å². The van der Waals surface area contributed by atoms with Gasteiger partial charge in [-0.05, 0) is 49.1 Å². The number of halogens is 1. The van der Waals surface area contributed by atoms with Gasteiger partial charge in [0, 0.05) is 6.54 Å². The van der Waals surface area contributed by atoms with E-state index in [9.17, 15) is 14.3 Å². The number of rotatable bonds is 4. The Morgan fingerprint density at radius 2 is 2.20 bits per heavy atom. The fraction of sp³-hybridized carbons (Fsp3) is 0.533. The summed E-state index contributed by atoms with van der Waals surface area (Å²) in [7, 11) is 0. The van der Waals surface area contributed by atoms with Crippen LogP contribution in [0.5, 0.6) is 0 Å². The number of aromatic carboxylic acids is 1. The molecule has 0 radical (unpaired) electrons. The maximum atomic E-state index is 13.4. The third kappa shape index (κ3) is 2.21. The van der Waals surface area contributed by atoms with Gasteiger partial charge in [0.25, 0.3) is 0 Å². The maximum absolute atomic E-state index is 13.4. The first-order valence-electron chi connectivity index (χ1n) is 7.11. The van der Waals surface area contributed by atoms with Crippen LogP contribution in [0.4, 0.5) is 15.8 Å². The quantitative estimate of drug-likeness (QED) is 0.740. The van der Waals surface area contributed by atoms with Crippen molar-refractivity contribution < 1.29 is 14.3 Å². The van der Waals surface area contributed by atoms with Crippen molar-refractivity contribution in [1.29, 1.82) is 0 Å². The molecule has 2 fully saturated rings. The van der Waals surface area contributed by atoms with E-state index >= 15 is 0 Å². The van der Waals surface area contributed by atoms with Crippen LogP contribution in [-0.4, -0.2) is 17.6 Å². The van der Waals surface area contributed by atoms with Crippen molar-refractivity contribution in [3.63, 3.8) is 0 Å². The maximum Gasteiger partial charge on any atom is 0.340 e. The van der Waals surface area contributed by atoms with E-state index in [4.69, 9.17) is 5.73 Å². The third-order valence-corrected chi connectivity index (χ3v) is 4.85. The Labute approximate surface area is 117 Å². The van der Waals surface area contributed by atoms with E-state index in [0.717, 1.165) is 18.4 Å². The fourth-order valence-electron chi connectivity index (χ4n) is 3.84. The standard InChI is InChI=1S/C15H19FN2O2/c16-11-3-4-12(13(14(11)17)15(19)20)18-7-10-6-8-1-2-9(10)5-8/h3-4,8-10,18H,1-2,5-7,17H2,(H,19,20). The van der Waals surface area contributed by atoms with E-state index in [0.29, 0.717) is 11.6 Å². The molecule has 0 amide bonds. The number of carbonyl (C=O) groups is 1. The van der Waals surface area contributed by atoms with Gasteiger partial charge in [0.15, 0.2) is 0 Å². The molecule has 2 bridgehead atoms. The summed E-state index contributed by atoms with van der Waals surface area (Å²) in [5.74, 6) is 0.328. The Morgan fingerprint density at radius 1 is 1.40 bits per heavy atom. The normalized spacial score (nSPS) is 27.8. The molecule has 3 atom stereocenters. The lowest BCUT2D eigenvalue weighted by molar-refractivity contribution is 0.0698. The monoisotopic (exact) mass is 278 g/mol. The van der Waals surface area contributed by atoms with Crippen molar-refractivity contribution in [2.45, 2.75) is 25.7 Å². The van der Waals surface area contributed by atoms with Crippen LogP contribution < -0.4 is 11.1 Å². The summed E-state index contributed by atoms with van der Waals surface area (Å²) >= 11 is 0. The van der Waals surface area contributed by atoms with Crippen LogP contribution in [0.1, 0.15) is 36.0 Å². The van der Waals surface area contributed by atoms with Crippen LogP contribution in [0, 0.1) is 23.6 Å². The largest absolute Gasteiger partial charge is 0.478 e. The highest BCUT2D eigenvalue weighted by atomic mass is 19.1. The van der Waals surface area contributed by atoms with E-state index < -0.39 is 11.8 Å². The van der Waals surface area contributed by atoms with Crippen molar-refractivity contribution in [3.8, 4) is 0 Å². The van der Waals surface area contributed by atoms with E-state index in [1.807, 2.05) is 0 Å². The lowest BCUT2D eigenvalue weighted by atomic mass is 9.89. The summed E-state index contributed by atoms with van der Waals surface area (Å²) in [5.41, 5.74) is 5.49. The summed E-state index contributed by atoms with van der Waals surface area (Å²) in [4.78, 5) is 11.2. The molecule has 108 valence electrons. The number of benzene rings is 1. The number of fused-ring (bicyclic) bond motifs is 2. The molecule has 2 aliphatic rings. The Morgan fingerprint density at radius 3 is 2.80 bits per heavy atom. The Balaban J connectivity index is 1.74. The second-order valence-corrected chi connectivity index (χ2v) is 6.00. The zero-order valence-corrected chi connectivity index (χ0v) is 11.2. The Kier molecular flexibility index (Phi) is 3.28. The summed E-state index contributed by atoms with van der Waals surface area (Å²) < 4.78 is 13.4. The molecular weight excluding hydrogens is 259 g/mol.